The number of nitrogens with one attached hydrogen (secondary N) is 1. The summed E-state index contributed by atoms with van der Waals surface area (Å²) in [4.78, 5) is 12.1. The second kappa shape index (κ2) is 5.05. The number of ether oxygens (including phenoxy) is 1. The zero-order valence-corrected chi connectivity index (χ0v) is 10.1. The first kappa shape index (κ1) is 13.0. The van der Waals surface area contributed by atoms with Crippen LogP contribution in [0.15, 0.2) is 17.1 Å². The topological polar surface area (TPSA) is 100 Å². The molecule has 7 heteroatoms. The molecule has 1 aliphatic heterocycles. The summed E-state index contributed by atoms with van der Waals surface area (Å²) in [5.74, 6) is 0. The highest BCUT2D eigenvalue weighted by Crippen LogP contribution is 2.26. The van der Waals surface area contributed by atoms with E-state index in [1.807, 2.05) is 0 Å². The molecule has 0 spiro atoms. The van der Waals surface area contributed by atoms with Crippen LogP contribution in [0.1, 0.15) is 19.6 Å². The highest BCUT2D eigenvalue weighted by atomic mass is 16.5. The molecule has 1 aromatic rings. The van der Waals surface area contributed by atoms with Gasteiger partial charge in [-0.15, -0.1) is 0 Å². The lowest BCUT2D eigenvalue weighted by molar-refractivity contribution is -0.0463. The summed E-state index contributed by atoms with van der Waals surface area (Å²) in [6, 6.07) is 1.51. The summed E-state index contributed by atoms with van der Waals surface area (Å²) in [6.45, 7) is 1.90. The molecule has 0 aliphatic carbocycles. The molecule has 0 aromatic carbocycles. The Morgan fingerprint density at radius 3 is 2.89 bits per heavy atom. The van der Waals surface area contributed by atoms with Crippen LogP contribution < -0.4 is 11.2 Å². The van der Waals surface area contributed by atoms with Gasteiger partial charge in [-0.25, -0.2) is 4.79 Å². The van der Waals surface area contributed by atoms with E-state index in [1.54, 1.807) is 6.92 Å². The molecule has 18 heavy (non-hydrogen) atoms. The Bertz CT molecular complexity index is 536. The fraction of sp³-hybridized carbons (Fsp3) is 0.636. The van der Waals surface area contributed by atoms with Gasteiger partial charge in [0.25, 0.3) is 0 Å². The first-order chi connectivity index (χ1) is 8.58. The fourth-order valence-electron chi connectivity index (χ4n) is 2.12. The van der Waals surface area contributed by atoms with Crippen LogP contribution in [-0.4, -0.2) is 38.2 Å². The van der Waals surface area contributed by atoms with Crippen molar-refractivity contribution in [3.05, 3.63) is 28.2 Å². The lowest BCUT2D eigenvalue weighted by Crippen LogP contribution is -2.40. The van der Waals surface area contributed by atoms with Crippen molar-refractivity contribution in [3.8, 4) is 0 Å². The van der Waals surface area contributed by atoms with Crippen molar-refractivity contribution in [2.24, 2.45) is 0 Å². The number of aliphatic hydroxyl groups is 2. The Kier molecular flexibility index (Phi) is 3.65. The van der Waals surface area contributed by atoms with Gasteiger partial charge in [-0.3, -0.25) is 14.5 Å². The Hall–Kier alpha value is -1.44. The van der Waals surface area contributed by atoms with Gasteiger partial charge in [-0.2, -0.15) is 0 Å². The Labute approximate surface area is 103 Å². The number of nitrogens with zero attached hydrogens (tertiary/aromatic N) is 2. The van der Waals surface area contributed by atoms with Crippen molar-refractivity contribution < 1.29 is 14.9 Å². The number of aromatic nitrogens is 2. The largest absolute Gasteiger partial charge is 0.394 e. The Balaban J connectivity index is 2.36. The summed E-state index contributed by atoms with van der Waals surface area (Å²) in [5, 5.41) is 26.3. The summed E-state index contributed by atoms with van der Waals surface area (Å²) >= 11 is 0. The van der Waals surface area contributed by atoms with Crippen molar-refractivity contribution in [3.63, 3.8) is 0 Å². The highest BCUT2D eigenvalue weighted by molar-refractivity contribution is 4.89. The minimum Gasteiger partial charge on any atom is -0.394 e. The maximum atomic E-state index is 12.1. The lowest BCUT2D eigenvalue weighted by Gasteiger charge is -2.16. The number of hydrogen-bond donors (Lipinski definition) is 3. The quantitative estimate of drug-likeness (QED) is 0.631. The van der Waals surface area contributed by atoms with E-state index in [9.17, 15) is 9.90 Å². The van der Waals surface area contributed by atoms with Gasteiger partial charge >= 0.3 is 5.69 Å². The van der Waals surface area contributed by atoms with Crippen LogP contribution in [0.5, 0.6) is 0 Å². The number of rotatable bonds is 3. The van der Waals surface area contributed by atoms with Crippen LogP contribution in [-0.2, 0) is 11.3 Å². The zero-order chi connectivity index (χ0) is 13.3. The van der Waals surface area contributed by atoms with Crippen LogP contribution in [0, 0.1) is 5.41 Å². The van der Waals surface area contributed by atoms with Gasteiger partial charge in [0.15, 0.2) is 0 Å². The van der Waals surface area contributed by atoms with E-state index < -0.39 is 18.4 Å². The predicted octanol–water partition coefficient (Wildman–Crippen LogP) is -1.21. The number of hydrogen-bond acceptors (Lipinski definition) is 5. The highest BCUT2D eigenvalue weighted by Gasteiger charge is 2.34. The van der Waals surface area contributed by atoms with Crippen LogP contribution in [0.25, 0.3) is 0 Å². The molecule has 1 fully saturated rings. The molecular weight excluding hydrogens is 238 g/mol. The second-order valence-corrected chi connectivity index (χ2v) is 4.25. The zero-order valence-electron chi connectivity index (χ0n) is 10.1. The van der Waals surface area contributed by atoms with E-state index in [2.05, 4.69) is 0 Å². The molecule has 2 rings (SSSR count). The molecule has 100 valence electrons. The summed E-state index contributed by atoms with van der Waals surface area (Å²) in [7, 11) is 0. The third-order valence-electron chi connectivity index (χ3n) is 3.15. The standard InChI is InChI=1S/C11H17N3O4/c1-2-13-9(12)3-4-14(11(13)17)10-5-7(16)8(6-15)18-10/h3-4,7-8,10,12,15-16H,2,5-6H2,1H3/t7-,8+,10+/m0/s1. The molecule has 0 amide bonds. The van der Waals surface area contributed by atoms with Gasteiger partial charge in [0.1, 0.15) is 17.8 Å². The van der Waals surface area contributed by atoms with Crippen molar-refractivity contribution in [2.75, 3.05) is 6.61 Å². The molecule has 0 unspecified atom stereocenters. The molecule has 1 aliphatic rings. The third kappa shape index (κ3) is 2.12. The Morgan fingerprint density at radius 2 is 2.33 bits per heavy atom. The van der Waals surface area contributed by atoms with Crippen LogP contribution in [0.2, 0.25) is 0 Å². The fourth-order valence-corrected chi connectivity index (χ4v) is 2.12. The third-order valence-corrected chi connectivity index (χ3v) is 3.15. The van der Waals surface area contributed by atoms with E-state index in [0.717, 1.165) is 0 Å². The average Bonchev–Trinajstić information content (AvgIpc) is 2.71. The maximum Gasteiger partial charge on any atom is 0.331 e. The smallest absolute Gasteiger partial charge is 0.331 e. The Morgan fingerprint density at radius 1 is 1.61 bits per heavy atom. The van der Waals surface area contributed by atoms with E-state index in [0.29, 0.717) is 6.54 Å². The monoisotopic (exact) mass is 255 g/mol. The van der Waals surface area contributed by atoms with Gasteiger partial charge in [0.05, 0.1) is 12.7 Å². The molecular formula is C11H17N3O4. The van der Waals surface area contributed by atoms with Crippen LogP contribution in [0.3, 0.4) is 0 Å². The molecule has 7 nitrogen and oxygen atoms in total. The van der Waals surface area contributed by atoms with Crippen molar-refractivity contribution in [1.29, 1.82) is 5.41 Å². The van der Waals surface area contributed by atoms with Gasteiger partial charge < -0.3 is 14.9 Å². The van der Waals surface area contributed by atoms with Crippen LogP contribution in [0.4, 0.5) is 0 Å². The van der Waals surface area contributed by atoms with Crippen LogP contribution >= 0.6 is 0 Å². The molecule has 1 saturated heterocycles. The van der Waals surface area contributed by atoms with Gasteiger partial charge in [-0.05, 0) is 13.0 Å². The molecule has 3 atom stereocenters. The lowest BCUT2D eigenvalue weighted by atomic mass is 10.2. The normalized spacial score (nSPS) is 27.6. The molecule has 1 aromatic heterocycles. The van der Waals surface area contributed by atoms with Crippen molar-refractivity contribution in [1.82, 2.24) is 9.13 Å². The average molecular weight is 255 g/mol. The first-order valence-corrected chi connectivity index (χ1v) is 5.89. The van der Waals surface area contributed by atoms with E-state index in [1.165, 1.54) is 21.4 Å². The second-order valence-electron chi connectivity index (χ2n) is 4.25. The van der Waals surface area contributed by atoms with Crippen molar-refractivity contribution >= 4 is 0 Å². The van der Waals surface area contributed by atoms with Crippen molar-refractivity contribution in [2.45, 2.75) is 38.3 Å². The first-order valence-electron chi connectivity index (χ1n) is 5.89. The van der Waals surface area contributed by atoms with E-state index in [-0.39, 0.29) is 24.2 Å². The van der Waals surface area contributed by atoms with Gasteiger partial charge in [0, 0.05) is 19.2 Å². The van der Waals surface area contributed by atoms with Gasteiger partial charge in [-0.1, -0.05) is 0 Å². The minimum absolute atomic E-state index is 0.135. The summed E-state index contributed by atoms with van der Waals surface area (Å²) < 4.78 is 8.07. The van der Waals surface area contributed by atoms with Gasteiger partial charge in [0.2, 0.25) is 0 Å². The number of aliphatic hydroxyl groups excluding tert-OH is 2. The summed E-state index contributed by atoms with van der Waals surface area (Å²) in [5.41, 5.74) is -0.211. The molecule has 3 N–H and O–H groups in total. The predicted molar refractivity (Wildman–Crippen MR) is 61.8 cm³/mol. The molecule has 0 radical (unpaired) electrons. The molecule has 0 bridgehead atoms. The minimum atomic E-state index is -0.780. The van der Waals surface area contributed by atoms with E-state index in [4.69, 9.17) is 15.3 Å². The molecule has 2 heterocycles. The molecule has 0 saturated carbocycles. The SMILES string of the molecule is CCn1c(=N)ccn([C@H]2C[C@H](O)[C@@H](CO)O2)c1=O. The van der Waals surface area contributed by atoms with E-state index >= 15 is 0 Å². The summed E-state index contributed by atoms with van der Waals surface area (Å²) in [6.07, 6.45) is -0.298. The maximum absolute atomic E-state index is 12.1.